The second kappa shape index (κ2) is 13.0. The number of carbonyl (C=O) groups is 6. The highest BCUT2D eigenvalue weighted by molar-refractivity contribution is 5.95. The Morgan fingerprint density at radius 2 is 1.54 bits per heavy atom. The van der Waals surface area contributed by atoms with Crippen LogP contribution in [-0.2, 0) is 35.2 Å². The van der Waals surface area contributed by atoms with Crippen molar-refractivity contribution in [3.63, 3.8) is 0 Å². The van der Waals surface area contributed by atoms with E-state index in [1.807, 2.05) is 12.1 Å². The van der Waals surface area contributed by atoms with Gasteiger partial charge in [-0.15, -0.1) is 0 Å². The van der Waals surface area contributed by atoms with E-state index in [2.05, 4.69) is 20.9 Å². The maximum atomic E-state index is 12.7. The molecule has 1 heterocycles. The summed E-state index contributed by atoms with van der Waals surface area (Å²) < 4.78 is 0. The number of carboxylic acids is 3. The highest BCUT2D eigenvalue weighted by Gasteiger charge is 2.29. The molecule has 0 aliphatic heterocycles. The Morgan fingerprint density at radius 1 is 0.892 bits per heavy atom. The van der Waals surface area contributed by atoms with Crippen LogP contribution in [0.4, 0.5) is 0 Å². The first-order valence-corrected chi connectivity index (χ1v) is 11.3. The molecule has 14 heteroatoms. The fourth-order valence-electron chi connectivity index (χ4n) is 3.49. The number of para-hydroxylation sites is 1. The number of nitrogens with two attached hydrogens (primary N) is 1. The van der Waals surface area contributed by atoms with Gasteiger partial charge in [0.05, 0.1) is 12.5 Å². The van der Waals surface area contributed by atoms with Gasteiger partial charge in [0.2, 0.25) is 17.7 Å². The zero-order valence-electron chi connectivity index (χ0n) is 19.9. The number of amides is 3. The molecule has 0 aliphatic rings. The number of hydrogen-bond donors (Lipinski definition) is 8. The van der Waals surface area contributed by atoms with Crippen LogP contribution in [0.5, 0.6) is 0 Å². The number of fused-ring (bicyclic) bond motifs is 1. The van der Waals surface area contributed by atoms with Crippen molar-refractivity contribution in [2.45, 2.75) is 56.8 Å². The lowest BCUT2D eigenvalue weighted by atomic mass is 10.0. The summed E-state index contributed by atoms with van der Waals surface area (Å²) in [5.41, 5.74) is 6.94. The zero-order chi connectivity index (χ0) is 27.7. The Bertz CT molecular complexity index is 1180. The molecule has 37 heavy (non-hydrogen) atoms. The van der Waals surface area contributed by atoms with E-state index in [1.165, 1.54) is 6.92 Å². The summed E-state index contributed by atoms with van der Waals surface area (Å²) >= 11 is 0. The number of rotatable bonds is 14. The first-order chi connectivity index (χ1) is 17.4. The minimum absolute atomic E-state index is 0.0372. The van der Waals surface area contributed by atoms with Gasteiger partial charge in [-0.1, -0.05) is 18.2 Å². The molecule has 0 aliphatic carbocycles. The minimum atomic E-state index is -1.49. The van der Waals surface area contributed by atoms with Crippen molar-refractivity contribution in [1.29, 1.82) is 0 Å². The average Bonchev–Trinajstić information content (AvgIpc) is 3.23. The topological polar surface area (TPSA) is 241 Å². The number of carboxylic acid groups (broad SMARTS) is 3. The van der Waals surface area contributed by atoms with Gasteiger partial charge in [-0.05, 0) is 25.0 Å². The van der Waals surface area contributed by atoms with Crippen molar-refractivity contribution in [2.24, 2.45) is 5.73 Å². The lowest BCUT2D eigenvalue weighted by Gasteiger charge is -2.23. The van der Waals surface area contributed by atoms with Gasteiger partial charge in [0, 0.05) is 29.9 Å². The number of H-pyrrole nitrogens is 1. The Hall–Kier alpha value is -4.46. The van der Waals surface area contributed by atoms with E-state index in [9.17, 15) is 33.9 Å². The lowest BCUT2D eigenvalue weighted by molar-refractivity contribution is -0.142. The van der Waals surface area contributed by atoms with Crippen molar-refractivity contribution in [3.8, 4) is 0 Å². The number of carbonyl (C=O) groups excluding carboxylic acids is 3. The molecule has 200 valence electrons. The van der Waals surface area contributed by atoms with E-state index < -0.39 is 72.6 Å². The molecule has 0 radical (unpaired) electrons. The monoisotopic (exact) mass is 519 g/mol. The standard InChI is InChI=1S/C23H29N5O9/c1-11(26-22(35)16(6-7-18(29)30)27-21(34)14(24)9-19(31)32)20(33)28-17(23(36)37)8-12-10-25-15-5-3-2-4-13(12)15/h2-5,10-11,14,16-17,25H,6-9,24H2,1H3,(H,26,35)(H,27,34)(H,28,33)(H,29,30)(H,31,32)(H,36,37). The van der Waals surface area contributed by atoms with Crippen LogP contribution in [0.25, 0.3) is 10.9 Å². The van der Waals surface area contributed by atoms with E-state index in [1.54, 1.807) is 18.3 Å². The fourth-order valence-corrected chi connectivity index (χ4v) is 3.49. The number of benzene rings is 1. The number of aliphatic carboxylic acids is 3. The van der Waals surface area contributed by atoms with Crippen molar-refractivity contribution >= 4 is 46.5 Å². The summed E-state index contributed by atoms with van der Waals surface area (Å²) in [7, 11) is 0. The molecule has 9 N–H and O–H groups in total. The maximum absolute atomic E-state index is 12.7. The third kappa shape index (κ3) is 8.61. The van der Waals surface area contributed by atoms with Crippen LogP contribution in [0, 0.1) is 0 Å². The molecule has 3 amide bonds. The van der Waals surface area contributed by atoms with Crippen molar-refractivity contribution in [2.75, 3.05) is 0 Å². The lowest BCUT2D eigenvalue weighted by Crippen LogP contribution is -2.56. The number of nitrogens with one attached hydrogen (secondary N) is 4. The summed E-state index contributed by atoms with van der Waals surface area (Å²) in [6.45, 7) is 1.28. The molecular formula is C23H29N5O9. The summed E-state index contributed by atoms with van der Waals surface area (Å²) in [5, 5.41) is 35.0. The van der Waals surface area contributed by atoms with Crippen LogP contribution < -0.4 is 21.7 Å². The molecule has 2 rings (SSSR count). The van der Waals surface area contributed by atoms with E-state index in [0.29, 0.717) is 5.56 Å². The van der Waals surface area contributed by atoms with Crippen molar-refractivity contribution in [3.05, 3.63) is 36.0 Å². The molecular weight excluding hydrogens is 490 g/mol. The molecule has 0 saturated heterocycles. The summed E-state index contributed by atoms with van der Waals surface area (Å²) in [6, 6.07) is 1.74. The molecule has 2 aromatic rings. The zero-order valence-corrected chi connectivity index (χ0v) is 19.9. The molecule has 0 bridgehead atoms. The number of aromatic amines is 1. The second-order valence-corrected chi connectivity index (χ2v) is 8.39. The van der Waals surface area contributed by atoms with Crippen LogP contribution in [0.2, 0.25) is 0 Å². The van der Waals surface area contributed by atoms with Crippen molar-refractivity contribution < 1.29 is 44.1 Å². The van der Waals surface area contributed by atoms with Gasteiger partial charge in [-0.3, -0.25) is 24.0 Å². The maximum Gasteiger partial charge on any atom is 0.326 e. The molecule has 4 atom stereocenters. The van der Waals surface area contributed by atoms with Crippen LogP contribution in [-0.4, -0.2) is 80.1 Å². The largest absolute Gasteiger partial charge is 0.481 e. The quantitative estimate of drug-likeness (QED) is 0.150. The SMILES string of the molecule is CC(NC(=O)C(CCC(=O)O)NC(=O)C(N)CC(=O)O)C(=O)NC(Cc1c[nH]c2ccccc12)C(=O)O. The van der Waals surface area contributed by atoms with Gasteiger partial charge in [-0.25, -0.2) is 4.79 Å². The fraction of sp³-hybridized carbons (Fsp3) is 0.391. The first kappa shape index (κ1) is 28.8. The molecule has 0 fully saturated rings. The van der Waals surface area contributed by atoms with E-state index in [4.69, 9.17) is 15.9 Å². The predicted molar refractivity (Wildman–Crippen MR) is 128 cm³/mol. The summed E-state index contributed by atoms with van der Waals surface area (Å²) in [4.78, 5) is 74.0. The Balaban J connectivity index is 2.05. The normalized spacial score (nSPS) is 14.1. The molecule has 1 aromatic carbocycles. The summed E-state index contributed by atoms with van der Waals surface area (Å²) in [6.07, 6.45) is 0.0103. The van der Waals surface area contributed by atoms with Crippen LogP contribution >= 0.6 is 0 Å². The summed E-state index contributed by atoms with van der Waals surface area (Å²) in [5.74, 6) is -6.64. The van der Waals surface area contributed by atoms with Crippen LogP contribution in [0.15, 0.2) is 30.5 Å². The minimum Gasteiger partial charge on any atom is -0.481 e. The Morgan fingerprint density at radius 3 is 2.16 bits per heavy atom. The second-order valence-electron chi connectivity index (χ2n) is 8.39. The predicted octanol–water partition coefficient (Wildman–Crippen LogP) is -1.06. The first-order valence-electron chi connectivity index (χ1n) is 11.3. The highest BCUT2D eigenvalue weighted by atomic mass is 16.4. The number of aromatic nitrogens is 1. The van der Waals surface area contributed by atoms with E-state index in [-0.39, 0.29) is 12.8 Å². The van der Waals surface area contributed by atoms with Gasteiger partial charge in [0.1, 0.15) is 18.1 Å². The van der Waals surface area contributed by atoms with E-state index in [0.717, 1.165) is 10.9 Å². The smallest absolute Gasteiger partial charge is 0.326 e. The third-order valence-electron chi connectivity index (χ3n) is 5.48. The highest BCUT2D eigenvalue weighted by Crippen LogP contribution is 2.19. The van der Waals surface area contributed by atoms with Crippen LogP contribution in [0.3, 0.4) is 0 Å². The van der Waals surface area contributed by atoms with Gasteiger partial charge >= 0.3 is 17.9 Å². The third-order valence-corrected chi connectivity index (χ3v) is 5.48. The van der Waals surface area contributed by atoms with Gasteiger partial charge in [-0.2, -0.15) is 0 Å². The number of hydrogen-bond acceptors (Lipinski definition) is 7. The van der Waals surface area contributed by atoms with Gasteiger partial charge in [0.15, 0.2) is 0 Å². The van der Waals surface area contributed by atoms with E-state index >= 15 is 0 Å². The Kier molecular flexibility index (Phi) is 10.1. The Labute approximate surface area is 210 Å². The van der Waals surface area contributed by atoms with Crippen LogP contribution in [0.1, 0.15) is 31.7 Å². The average molecular weight is 520 g/mol. The van der Waals surface area contributed by atoms with Gasteiger partial charge in [0.25, 0.3) is 0 Å². The molecule has 14 nitrogen and oxygen atoms in total. The van der Waals surface area contributed by atoms with Gasteiger partial charge < -0.3 is 42.0 Å². The molecule has 0 saturated carbocycles. The molecule has 4 unspecified atom stereocenters. The molecule has 0 spiro atoms. The molecule has 1 aromatic heterocycles. The van der Waals surface area contributed by atoms with Crippen molar-refractivity contribution in [1.82, 2.24) is 20.9 Å².